The van der Waals surface area contributed by atoms with E-state index in [4.69, 9.17) is 5.73 Å². The zero-order valence-corrected chi connectivity index (χ0v) is 12.3. The third-order valence-corrected chi connectivity index (χ3v) is 4.41. The lowest BCUT2D eigenvalue weighted by molar-refractivity contribution is -0.117. The van der Waals surface area contributed by atoms with Gasteiger partial charge in [0.1, 0.15) is 0 Å². The molecule has 0 spiro atoms. The molecular weight excluding hydrogens is 274 g/mol. The zero-order chi connectivity index (χ0) is 13.2. The maximum absolute atomic E-state index is 12.0. The second-order valence-corrected chi connectivity index (χ2v) is 5.77. The third kappa shape index (κ3) is 3.32. The fourth-order valence-electron chi connectivity index (χ4n) is 3.45. The van der Waals surface area contributed by atoms with Crippen LogP contribution in [0.25, 0.3) is 0 Å². The van der Waals surface area contributed by atoms with Gasteiger partial charge in [0.25, 0.3) is 0 Å². The summed E-state index contributed by atoms with van der Waals surface area (Å²) in [7, 11) is 0. The Bertz CT molecular complexity index is 454. The van der Waals surface area contributed by atoms with E-state index in [2.05, 4.69) is 10.2 Å². The van der Waals surface area contributed by atoms with E-state index in [0.29, 0.717) is 24.4 Å². The first-order valence-corrected chi connectivity index (χ1v) is 7.05. The molecule has 1 aromatic carbocycles. The van der Waals surface area contributed by atoms with Gasteiger partial charge in [0.2, 0.25) is 5.91 Å². The number of nitrogens with two attached hydrogens (primary N) is 1. The zero-order valence-electron chi connectivity index (χ0n) is 11.5. The average Bonchev–Trinajstić information content (AvgIpc) is 2.93. The molecule has 3 atom stereocenters. The number of anilines is 1. The maximum Gasteiger partial charge on any atom is 0.238 e. The van der Waals surface area contributed by atoms with Crippen molar-refractivity contribution >= 4 is 24.0 Å². The van der Waals surface area contributed by atoms with Crippen molar-refractivity contribution in [1.82, 2.24) is 4.90 Å². The van der Waals surface area contributed by atoms with Crippen molar-refractivity contribution in [2.75, 3.05) is 25.0 Å². The van der Waals surface area contributed by atoms with Gasteiger partial charge in [0.15, 0.2) is 0 Å². The highest BCUT2D eigenvalue weighted by Gasteiger charge is 2.41. The molecule has 1 heterocycles. The molecule has 20 heavy (non-hydrogen) atoms. The fraction of sp³-hybridized carbons (Fsp3) is 0.533. The van der Waals surface area contributed by atoms with Gasteiger partial charge in [-0.25, -0.2) is 0 Å². The quantitative estimate of drug-likeness (QED) is 0.893. The largest absolute Gasteiger partial charge is 0.327 e. The molecule has 1 aromatic rings. The standard InChI is InChI=1S/C15H21N3O.ClH/c16-14-7-6-11-8-18(9-13(11)14)10-15(19)17-12-4-2-1-3-5-12;/h1-5,11,13-14H,6-10,16H2,(H,17,19);1H. The summed E-state index contributed by atoms with van der Waals surface area (Å²) in [6.07, 6.45) is 2.38. The number of rotatable bonds is 3. The lowest BCUT2D eigenvalue weighted by Crippen LogP contribution is -2.34. The molecule has 0 bridgehead atoms. The van der Waals surface area contributed by atoms with Crippen LogP contribution >= 0.6 is 12.4 Å². The van der Waals surface area contributed by atoms with Crippen LogP contribution in [0.15, 0.2) is 30.3 Å². The highest BCUT2D eigenvalue weighted by atomic mass is 35.5. The van der Waals surface area contributed by atoms with Crippen molar-refractivity contribution in [2.24, 2.45) is 17.6 Å². The first-order chi connectivity index (χ1) is 9.22. The number of benzene rings is 1. The molecule has 3 unspecified atom stereocenters. The summed E-state index contributed by atoms with van der Waals surface area (Å²) in [5, 5.41) is 2.93. The molecule has 1 saturated carbocycles. The summed E-state index contributed by atoms with van der Waals surface area (Å²) in [6.45, 7) is 2.49. The van der Waals surface area contributed by atoms with E-state index in [1.807, 2.05) is 30.3 Å². The predicted molar refractivity (Wildman–Crippen MR) is 82.9 cm³/mol. The molecule has 1 saturated heterocycles. The number of likely N-dealkylation sites (tertiary alicyclic amines) is 1. The molecule has 1 aliphatic heterocycles. The molecule has 1 amide bonds. The van der Waals surface area contributed by atoms with Gasteiger partial charge in [-0.2, -0.15) is 0 Å². The summed E-state index contributed by atoms with van der Waals surface area (Å²) in [6, 6.07) is 9.95. The SMILES string of the molecule is Cl.NC1CCC2CN(CC(=O)Nc3ccccc3)CC12. The maximum atomic E-state index is 12.0. The van der Waals surface area contributed by atoms with Crippen LogP contribution in [0, 0.1) is 11.8 Å². The van der Waals surface area contributed by atoms with Crippen LogP contribution < -0.4 is 11.1 Å². The van der Waals surface area contributed by atoms with E-state index in [1.54, 1.807) is 0 Å². The Balaban J connectivity index is 0.00000147. The van der Waals surface area contributed by atoms with Gasteiger partial charge in [-0.15, -0.1) is 12.4 Å². The molecule has 0 radical (unpaired) electrons. The summed E-state index contributed by atoms with van der Waals surface area (Å²) in [5.41, 5.74) is 6.97. The highest BCUT2D eigenvalue weighted by molar-refractivity contribution is 5.92. The Hall–Kier alpha value is -1.10. The van der Waals surface area contributed by atoms with Gasteiger partial charge in [-0.3, -0.25) is 9.69 Å². The van der Waals surface area contributed by atoms with Gasteiger partial charge in [-0.1, -0.05) is 18.2 Å². The van der Waals surface area contributed by atoms with Gasteiger partial charge in [0.05, 0.1) is 6.54 Å². The fourth-order valence-corrected chi connectivity index (χ4v) is 3.45. The first kappa shape index (κ1) is 15.3. The second kappa shape index (κ2) is 6.57. The number of nitrogens with one attached hydrogen (secondary N) is 1. The summed E-state index contributed by atoms with van der Waals surface area (Å²) < 4.78 is 0. The number of hydrogen-bond acceptors (Lipinski definition) is 3. The normalized spacial score (nSPS) is 28.8. The number of para-hydroxylation sites is 1. The van der Waals surface area contributed by atoms with E-state index >= 15 is 0 Å². The minimum Gasteiger partial charge on any atom is -0.327 e. The number of fused-ring (bicyclic) bond motifs is 1. The monoisotopic (exact) mass is 295 g/mol. The van der Waals surface area contributed by atoms with Crippen LogP contribution in [-0.4, -0.2) is 36.5 Å². The summed E-state index contributed by atoms with van der Waals surface area (Å²) in [4.78, 5) is 14.2. The van der Waals surface area contributed by atoms with Crippen molar-refractivity contribution < 1.29 is 4.79 Å². The van der Waals surface area contributed by atoms with Crippen LogP contribution in [0.2, 0.25) is 0 Å². The molecular formula is C15H22ClN3O. The number of amides is 1. The van der Waals surface area contributed by atoms with Crippen LogP contribution in [0.3, 0.4) is 0 Å². The van der Waals surface area contributed by atoms with Crippen molar-refractivity contribution in [2.45, 2.75) is 18.9 Å². The van der Waals surface area contributed by atoms with E-state index < -0.39 is 0 Å². The van der Waals surface area contributed by atoms with Crippen molar-refractivity contribution in [3.8, 4) is 0 Å². The van der Waals surface area contributed by atoms with Gasteiger partial charge < -0.3 is 11.1 Å². The molecule has 1 aliphatic carbocycles. The molecule has 3 N–H and O–H groups in total. The number of nitrogens with zero attached hydrogens (tertiary/aromatic N) is 1. The molecule has 3 rings (SSSR count). The van der Waals surface area contributed by atoms with Gasteiger partial charge in [0, 0.05) is 24.8 Å². The molecule has 110 valence electrons. The number of hydrogen-bond donors (Lipinski definition) is 2. The van der Waals surface area contributed by atoms with Crippen molar-refractivity contribution in [3.05, 3.63) is 30.3 Å². The molecule has 0 aromatic heterocycles. The van der Waals surface area contributed by atoms with Crippen molar-refractivity contribution in [1.29, 1.82) is 0 Å². The Morgan fingerprint density at radius 3 is 2.70 bits per heavy atom. The number of halogens is 1. The van der Waals surface area contributed by atoms with E-state index in [9.17, 15) is 4.79 Å². The molecule has 2 fully saturated rings. The third-order valence-electron chi connectivity index (χ3n) is 4.41. The smallest absolute Gasteiger partial charge is 0.238 e. The van der Waals surface area contributed by atoms with Crippen LogP contribution in [0.5, 0.6) is 0 Å². The van der Waals surface area contributed by atoms with E-state index in [1.165, 1.54) is 6.42 Å². The predicted octanol–water partition coefficient (Wildman–Crippen LogP) is 1.72. The average molecular weight is 296 g/mol. The Morgan fingerprint density at radius 1 is 1.25 bits per heavy atom. The second-order valence-electron chi connectivity index (χ2n) is 5.77. The Morgan fingerprint density at radius 2 is 2.00 bits per heavy atom. The Labute approximate surface area is 126 Å². The highest BCUT2D eigenvalue weighted by Crippen LogP contribution is 2.36. The Kier molecular flexibility index (Phi) is 5.02. The van der Waals surface area contributed by atoms with Gasteiger partial charge >= 0.3 is 0 Å². The van der Waals surface area contributed by atoms with Crippen molar-refractivity contribution in [3.63, 3.8) is 0 Å². The minimum atomic E-state index is 0. The lowest BCUT2D eigenvalue weighted by Gasteiger charge is -2.17. The summed E-state index contributed by atoms with van der Waals surface area (Å²) >= 11 is 0. The number of carbonyl (C=O) groups is 1. The number of carbonyl (C=O) groups excluding carboxylic acids is 1. The molecule has 2 aliphatic rings. The van der Waals surface area contributed by atoms with Crippen LogP contribution in [0.4, 0.5) is 5.69 Å². The van der Waals surface area contributed by atoms with E-state index in [-0.39, 0.29) is 18.3 Å². The van der Waals surface area contributed by atoms with Gasteiger partial charge in [-0.05, 0) is 36.8 Å². The van der Waals surface area contributed by atoms with Crippen LogP contribution in [0.1, 0.15) is 12.8 Å². The summed E-state index contributed by atoms with van der Waals surface area (Å²) in [5.74, 6) is 1.38. The van der Waals surface area contributed by atoms with Crippen LogP contribution in [-0.2, 0) is 4.79 Å². The minimum absolute atomic E-state index is 0. The lowest BCUT2D eigenvalue weighted by atomic mass is 9.98. The van der Waals surface area contributed by atoms with E-state index in [0.717, 1.165) is 25.2 Å². The first-order valence-electron chi connectivity index (χ1n) is 7.05. The molecule has 4 nitrogen and oxygen atoms in total. The topological polar surface area (TPSA) is 58.4 Å². The molecule has 5 heteroatoms.